The SMILES string of the molecule is CCCOc1ccccc1-c1nc2c3c(ncn2n1)-c1ccccc1CC31CCCC1. The highest BCUT2D eigenvalue weighted by atomic mass is 16.5. The molecular weight excluding hydrogens is 384 g/mol. The maximum absolute atomic E-state index is 5.98. The molecule has 2 aliphatic rings. The largest absolute Gasteiger partial charge is 0.493 e. The van der Waals surface area contributed by atoms with E-state index < -0.39 is 0 Å². The molecule has 0 bridgehead atoms. The van der Waals surface area contributed by atoms with Crippen molar-refractivity contribution in [1.29, 1.82) is 0 Å². The highest BCUT2D eigenvalue weighted by molar-refractivity contribution is 5.78. The topological polar surface area (TPSA) is 52.3 Å². The smallest absolute Gasteiger partial charge is 0.185 e. The molecule has 4 aromatic rings. The Balaban J connectivity index is 1.57. The molecule has 2 heterocycles. The van der Waals surface area contributed by atoms with E-state index >= 15 is 0 Å². The van der Waals surface area contributed by atoms with Crippen molar-refractivity contribution in [2.24, 2.45) is 0 Å². The third-order valence-electron chi connectivity index (χ3n) is 6.87. The molecule has 0 unspecified atom stereocenters. The summed E-state index contributed by atoms with van der Waals surface area (Å²) >= 11 is 0. The molecule has 0 amide bonds. The lowest BCUT2D eigenvalue weighted by atomic mass is 9.68. The zero-order valence-corrected chi connectivity index (χ0v) is 17.8. The summed E-state index contributed by atoms with van der Waals surface area (Å²) in [5, 5.41) is 4.83. The summed E-state index contributed by atoms with van der Waals surface area (Å²) in [5.41, 5.74) is 7.02. The summed E-state index contributed by atoms with van der Waals surface area (Å²) in [6, 6.07) is 16.8. The first-order valence-electron chi connectivity index (χ1n) is 11.4. The van der Waals surface area contributed by atoms with Crippen LogP contribution in [-0.4, -0.2) is 26.2 Å². The van der Waals surface area contributed by atoms with Gasteiger partial charge in [0.2, 0.25) is 0 Å². The molecule has 0 N–H and O–H groups in total. The van der Waals surface area contributed by atoms with Crippen molar-refractivity contribution < 1.29 is 4.74 Å². The van der Waals surface area contributed by atoms with Crippen LogP contribution in [0.15, 0.2) is 54.9 Å². The van der Waals surface area contributed by atoms with Gasteiger partial charge in [-0.05, 0) is 43.4 Å². The fraction of sp³-hybridized carbons (Fsp3) is 0.346. The average molecular weight is 411 g/mol. The molecule has 0 aliphatic heterocycles. The number of hydrogen-bond donors (Lipinski definition) is 0. The van der Waals surface area contributed by atoms with Crippen LogP contribution in [0.25, 0.3) is 28.3 Å². The molecule has 0 atom stereocenters. The zero-order chi connectivity index (χ0) is 20.8. The van der Waals surface area contributed by atoms with E-state index in [4.69, 9.17) is 19.8 Å². The maximum atomic E-state index is 5.98. The number of nitrogens with zero attached hydrogens (tertiary/aromatic N) is 4. The van der Waals surface area contributed by atoms with Gasteiger partial charge in [0.05, 0.1) is 17.9 Å². The van der Waals surface area contributed by atoms with Crippen molar-refractivity contribution in [1.82, 2.24) is 19.6 Å². The second kappa shape index (κ2) is 7.19. The van der Waals surface area contributed by atoms with Gasteiger partial charge in [-0.3, -0.25) is 0 Å². The Morgan fingerprint density at radius 1 is 1.00 bits per heavy atom. The molecule has 5 nitrogen and oxygen atoms in total. The first-order valence-corrected chi connectivity index (χ1v) is 11.4. The number of fused-ring (bicyclic) bond motifs is 6. The Bertz CT molecular complexity index is 1270. The number of rotatable bonds is 4. The summed E-state index contributed by atoms with van der Waals surface area (Å²) in [4.78, 5) is 10.0. The molecule has 1 fully saturated rings. The fourth-order valence-electron chi connectivity index (χ4n) is 5.49. The van der Waals surface area contributed by atoms with Crippen molar-refractivity contribution in [3.05, 3.63) is 66.0 Å². The minimum absolute atomic E-state index is 0.113. The molecule has 2 aromatic heterocycles. The average Bonchev–Trinajstić information content (AvgIpc) is 3.45. The van der Waals surface area contributed by atoms with Crippen LogP contribution in [0.1, 0.15) is 50.2 Å². The standard InChI is InChI=1S/C26H26N4O/c1-2-15-31-21-12-6-5-11-20(21)24-28-25-22-23(27-17-30(25)29-24)19-10-4-3-9-18(19)16-26(22)13-7-8-14-26/h3-6,9-12,17H,2,7-8,13-16H2,1H3. The van der Waals surface area contributed by atoms with Crippen LogP contribution >= 0.6 is 0 Å². The molecule has 6 rings (SSSR count). The van der Waals surface area contributed by atoms with Crippen molar-refractivity contribution in [2.45, 2.75) is 50.9 Å². The molecule has 0 radical (unpaired) electrons. The van der Waals surface area contributed by atoms with Crippen LogP contribution in [0.2, 0.25) is 0 Å². The predicted octanol–water partition coefficient (Wildman–Crippen LogP) is 5.62. The highest BCUT2D eigenvalue weighted by Gasteiger charge is 2.44. The van der Waals surface area contributed by atoms with Gasteiger partial charge in [-0.25, -0.2) is 14.5 Å². The molecule has 1 spiro atoms. The van der Waals surface area contributed by atoms with Crippen molar-refractivity contribution in [3.8, 4) is 28.4 Å². The highest BCUT2D eigenvalue weighted by Crippen LogP contribution is 2.52. The van der Waals surface area contributed by atoms with Crippen LogP contribution < -0.4 is 4.74 Å². The van der Waals surface area contributed by atoms with Crippen LogP contribution in [0.5, 0.6) is 5.75 Å². The van der Waals surface area contributed by atoms with E-state index in [0.717, 1.165) is 35.5 Å². The quantitative estimate of drug-likeness (QED) is 0.438. The third-order valence-corrected chi connectivity index (χ3v) is 6.87. The summed E-state index contributed by atoms with van der Waals surface area (Å²) in [7, 11) is 0. The minimum atomic E-state index is 0.113. The van der Waals surface area contributed by atoms with Gasteiger partial charge in [0.25, 0.3) is 0 Å². The lowest BCUT2D eigenvalue weighted by molar-refractivity contribution is 0.318. The molecule has 156 valence electrons. The summed E-state index contributed by atoms with van der Waals surface area (Å²) < 4.78 is 7.86. The van der Waals surface area contributed by atoms with Crippen molar-refractivity contribution >= 4 is 5.65 Å². The predicted molar refractivity (Wildman–Crippen MR) is 121 cm³/mol. The molecule has 2 aliphatic carbocycles. The second-order valence-electron chi connectivity index (χ2n) is 8.84. The summed E-state index contributed by atoms with van der Waals surface area (Å²) in [5.74, 6) is 1.54. The Morgan fingerprint density at radius 2 is 1.77 bits per heavy atom. The maximum Gasteiger partial charge on any atom is 0.185 e. The van der Waals surface area contributed by atoms with Gasteiger partial charge in [0.15, 0.2) is 11.5 Å². The molecule has 0 saturated heterocycles. The van der Waals surface area contributed by atoms with E-state index in [1.807, 2.05) is 35.1 Å². The molecular formula is C26H26N4O. The first-order chi connectivity index (χ1) is 15.3. The Labute approximate surface area is 182 Å². The van der Waals surface area contributed by atoms with E-state index in [9.17, 15) is 0 Å². The van der Waals surface area contributed by atoms with Crippen molar-refractivity contribution in [3.63, 3.8) is 0 Å². The lowest BCUT2D eigenvalue weighted by Crippen LogP contribution is -2.31. The van der Waals surface area contributed by atoms with Crippen LogP contribution in [-0.2, 0) is 11.8 Å². The summed E-state index contributed by atoms with van der Waals surface area (Å²) in [6.07, 6.45) is 8.75. The van der Waals surface area contributed by atoms with E-state index in [1.165, 1.54) is 42.4 Å². The molecule has 2 aromatic carbocycles. The van der Waals surface area contributed by atoms with Gasteiger partial charge in [-0.15, -0.1) is 5.10 Å². The van der Waals surface area contributed by atoms with E-state index in [0.29, 0.717) is 12.4 Å². The lowest BCUT2D eigenvalue weighted by Gasteiger charge is -2.36. The Kier molecular flexibility index (Phi) is 4.30. The van der Waals surface area contributed by atoms with Gasteiger partial charge >= 0.3 is 0 Å². The van der Waals surface area contributed by atoms with Crippen LogP contribution in [0.4, 0.5) is 0 Å². The second-order valence-corrected chi connectivity index (χ2v) is 8.84. The number of ether oxygens (including phenoxy) is 1. The van der Waals surface area contributed by atoms with E-state index in [2.05, 4.69) is 31.2 Å². The van der Waals surface area contributed by atoms with Gasteiger partial charge in [0, 0.05) is 16.5 Å². The number of aromatic nitrogens is 4. The van der Waals surface area contributed by atoms with Crippen molar-refractivity contribution in [2.75, 3.05) is 6.61 Å². The minimum Gasteiger partial charge on any atom is -0.493 e. The van der Waals surface area contributed by atoms with Crippen LogP contribution in [0, 0.1) is 0 Å². The number of para-hydroxylation sites is 1. The van der Waals surface area contributed by atoms with E-state index in [1.54, 1.807) is 0 Å². The van der Waals surface area contributed by atoms with E-state index in [-0.39, 0.29) is 5.41 Å². The summed E-state index contributed by atoms with van der Waals surface area (Å²) in [6.45, 7) is 2.80. The van der Waals surface area contributed by atoms with Gasteiger partial charge < -0.3 is 4.74 Å². The fourth-order valence-corrected chi connectivity index (χ4v) is 5.49. The number of benzene rings is 2. The zero-order valence-electron chi connectivity index (χ0n) is 17.8. The Hall–Kier alpha value is -3.21. The first kappa shape index (κ1) is 18.6. The van der Waals surface area contributed by atoms with Gasteiger partial charge in [0.1, 0.15) is 12.1 Å². The van der Waals surface area contributed by atoms with Gasteiger partial charge in [-0.1, -0.05) is 56.2 Å². The third kappa shape index (κ3) is 2.87. The van der Waals surface area contributed by atoms with Gasteiger partial charge in [-0.2, -0.15) is 0 Å². The van der Waals surface area contributed by atoms with Crippen LogP contribution in [0.3, 0.4) is 0 Å². The molecule has 5 heteroatoms. The monoisotopic (exact) mass is 410 g/mol. The molecule has 31 heavy (non-hydrogen) atoms. The molecule has 1 saturated carbocycles. The normalized spacial score (nSPS) is 16.4. The Morgan fingerprint density at radius 3 is 2.61 bits per heavy atom. The number of hydrogen-bond acceptors (Lipinski definition) is 4.